The number of carbonyl (C=O) groups is 1. The maximum Gasteiger partial charge on any atom is 0.436 e. The lowest BCUT2D eigenvalue weighted by Gasteiger charge is -2.14. The maximum atomic E-state index is 13.1. The van der Waals surface area contributed by atoms with E-state index >= 15 is 0 Å². The van der Waals surface area contributed by atoms with Crippen molar-refractivity contribution < 1.29 is 22.5 Å². The summed E-state index contributed by atoms with van der Waals surface area (Å²) in [7, 11) is 0. The van der Waals surface area contributed by atoms with Gasteiger partial charge in [-0.2, -0.15) is 18.3 Å². The van der Waals surface area contributed by atoms with Gasteiger partial charge in [0.2, 0.25) is 5.91 Å². The summed E-state index contributed by atoms with van der Waals surface area (Å²) in [6.45, 7) is 3.11. The number of rotatable bonds is 4. The first-order valence-corrected chi connectivity index (χ1v) is 7.65. The molecule has 1 fully saturated rings. The Morgan fingerprint density at radius 3 is 2.67 bits per heavy atom. The molecule has 2 aromatic heterocycles. The van der Waals surface area contributed by atoms with Crippen molar-refractivity contribution in [2.45, 2.75) is 44.8 Å². The van der Waals surface area contributed by atoms with E-state index in [4.69, 9.17) is 16.1 Å². The normalized spacial score (nSPS) is 16.2. The second kappa shape index (κ2) is 5.80. The Labute approximate surface area is 139 Å². The van der Waals surface area contributed by atoms with Crippen LogP contribution in [0.25, 0.3) is 0 Å². The molecule has 1 amide bonds. The van der Waals surface area contributed by atoms with Gasteiger partial charge >= 0.3 is 6.18 Å². The fourth-order valence-corrected chi connectivity index (χ4v) is 2.78. The van der Waals surface area contributed by atoms with Crippen molar-refractivity contribution in [3.63, 3.8) is 0 Å². The van der Waals surface area contributed by atoms with Gasteiger partial charge in [-0.15, -0.1) is 0 Å². The van der Waals surface area contributed by atoms with E-state index in [0.29, 0.717) is 5.76 Å². The second-order valence-corrected chi connectivity index (χ2v) is 6.13. The van der Waals surface area contributed by atoms with Crippen LogP contribution >= 0.6 is 11.6 Å². The summed E-state index contributed by atoms with van der Waals surface area (Å²) in [6.07, 6.45) is -3.23. The van der Waals surface area contributed by atoms with Gasteiger partial charge in [0.05, 0.1) is 10.7 Å². The number of carbonyl (C=O) groups excluding carboxylic acids is 1. The highest BCUT2D eigenvalue weighted by Crippen LogP contribution is 2.47. The molecule has 0 unspecified atom stereocenters. The number of halogens is 4. The molecule has 2 heterocycles. The Bertz CT molecular complexity index is 780. The molecule has 130 valence electrons. The molecule has 1 aliphatic carbocycles. The van der Waals surface area contributed by atoms with Gasteiger partial charge in [0.25, 0.3) is 0 Å². The lowest BCUT2D eigenvalue weighted by atomic mass is 10.2. The molecular weight excluding hydrogens is 349 g/mol. The third-order valence-corrected chi connectivity index (χ3v) is 4.12. The van der Waals surface area contributed by atoms with Gasteiger partial charge in [-0.1, -0.05) is 16.8 Å². The number of alkyl halides is 3. The number of amides is 1. The van der Waals surface area contributed by atoms with Gasteiger partial charge < -0.3 is 9.84 Å². The first-order valence-electron chi connectivity index (χ1n) is 7.27. The number of nitrogens with one attached hydrogen (secondary N) is 1. The molecule has 1 saturated carbocycles. The minimum atomic E-state index is -4.68. The monoisotopic (exact) mass is 362 g/mol. The van der Waals surface area contributed by atoms with E-state index in [1.165, 1.54) is 13.0 Å². The van der Waals surface area contributed by atoms with Crippen LogP contribution in [-0.2, 0) is 11.0 Å². The molecule has 0 radical (unpaired) electrons. The minimum absolute atomic E-state index is 0.106. The van der Waals surface area contributed by atoms with E-state index in [1.54, 1.807) is 6.92 Å². The summed E-state index contributed by atoms with van der Waals surface area (Å²) < 4.78 is 45.1. The molecule has 1 atom stereocenters. The highest BCUT2D eigenvalue weighted by molar-refractivity contribution is 6.32. The molecule has 1 N–H and O–H groups in total. The fourth-order valence-electron chi connectivity index (χ4n) is 2.39. The zero-order valence-electron chi connectivity index (χ0n) is 12.8. The largest absolute Gasteiger partial charge is 0.436 e. The Morgan fingerprint density at radius 1 is 1.50 bits per heavy atom. The standard InChI is InChI=1S/C14H14ClF3N4O2/c1-6-5-9(21-24-6)19-13(23)7(2)22-11(8-3-4-8)10(15)12(20-22)14(16,17)18/h5,7-8H,3-4H2,1-2H3,(H,19,21,23)/t7-/m0/s1. The number of hydrogen-bond acceptors (Lipinski definition) is 4. The fraction of sp³-hybridized carbons (Fsp3) is 0.500. The van der Waals surface area contributed by atoms with Gasteiger partial charge in [0, 0.05) is 12.0 Å². The number of hydrogen-bond donors (Lipinski definition) is 1. The average molecular weight is 363 g/mol. The Balaban J connectivity index is 1.91. The Morgan fingerprint density at radius 2 is 2.17 bits per heavy atom. The van der Waals surface area contributed by atoms with E-state index < -0.39 is 28.8 Å². The SMILES string of the molecule is Cc1cc(NC(=O)[C@H](C)n2nc(C(F)(F)F)c(Cl)c2C2CC2)no1. The van der Waals surface area contributed by atoms with Crippen LogP contribution in [0.15, 0.2) is 10.6 Å². The number of aryl methyl sites for hydroxylation is 1. The van der Waals surface area contributed by atoms with E-state index in [-0.39, 0.29) is 17.4 Å². The smallest absolute Gasteiger partial charge is 0.360 e. The Kier molecular flexibility index (Phi) is 4.06. The summed E-state index contributed by atoms with van der Waals surface area (Å²) in [6, 6.07) is 0.523. The van der Waals surface area contributed by atoms with Gasteiger partial charge in [0.15, 0.2) is 11.5 Å². The zero-order chi connectivity index (χ0) is 17.6. The molecule has 24 heavy (non-hydrogen) atoms. The molecule has 2 aromatic rings. The van der Waals surface area contributed by atoms with Crippen LogP contribution in [0.5, 0.6) is 0 Å². The molecule has 6 nitrogen and oxygen atoms in total. The second-order valence-electron chi connectivity index (χ2n) is 5.75. The molecule has 0 spiro atoms. The van der Waals surface area contributed by atoms with Crippen LogP contribution in [0.1, 0.15) is 48.9 Å². The van der Waals surface area contributed by atoms with Gasteiger partial charge in [-0.3, -0.25) is 9.48 Å². The van der Waals surface area contributed by atoms with Gasteiger partial charge in [0.1, 0.15) is 11.8 Å². The van der Waals surface area contributed by atoms with Crippen molar-refractivity contribution in [3.8, 4) is 0 Å². The third-order valence-electron chi connectivity index (χ3n) is 3.75. The first-order chi connectivity index (χ1) is 11.2. The van der Waals surface area contributed by atoms with Crippen molar-refractivity contribution in [1.82, 2.24) is 14.9 Å². The molecule has 0 aliphatic heterocycles. The third kappa shape index (κ3) is 3.12. The van der Waals surface area contributed by atoms with E-state index in [2.05, 4.69) is 15.6 Å². The average Bonchev–Trinajstić information content (AvgIpc) is 3.14. The summed E-state index contributed by atoms with van der Waals surface area (Å²) in [5.41, 5.74) is -0.911. The molecule has 0 aromatic carbocycles. The Hall–Kier alpha value is -2.03. The lowest BCUT2D eigenvalue weighted by Crippen LogP contribution is -2.26. The first kappa shape index (κ1) is 16.8. The molecule has 3 rings (SSSR count). The van der Waals surface area contributed by atoms with Crippen LogP contribution in [0.3, 0.4) is 0 Å². The maximum absolute atomic E-state index is 13.1. The van der Waals surface area contributed by atoms with Crippen molar-refractivity contribution in [1.29, 1.82) is 0 Å². The number of nitrogens with zero attached hydrogens (tertiary/aromatic N) is 3. The van der Waals surface area contributed by atoms with Crippen LogP contribution in [-0.4, -0.2) is 20.8 Å². The predicted octanol–water partition coefficient (Wildman–Crippen LogP) is 3.93. The predicted molar refractivity (Wildman–Crippen MR) is 78.8 cm³/mol. The quantitative estimate of drug-likeness (QED) is 0.894. The van der Waals surface area contributed by atoms with E-state index in [1.807, 2.05) is 0 Å². The molecule has 0 bridgehead atoms. The van der Waals surface area contributed by atoms with Gasteiger partial charge in [-0.05, 0) is 26.7 Å². The topological polar surface area (TPSA) is 73.0 Å². The van der Waals surface area contributed by atoms with Crippen molar-refractivity contribution in [2.24, 2.45) is 0 Å². The lowest BCUT2D eigenvalue weighted by molar-refractivity contribution is -0.141. The van der Waals surface area contributed by atoms with Gasteiger partial charge in [-0.25, -0.2) is 0 Å². The summed E-state index contributed by atoms with van der Waals surface area (Å²) in [4.78, 5) is 12.3. The zero-order valence-corrected chi connectivity index (χ0v) is 13.6. The number of aromatic nitrogens is 3. The molecule has 0 saturated heterocycles. The van der Waals surface area contributed by atoms with Crippen LogP contribution in [0.4, 0.5) is 19.0 Å². The molecular formula is C14H14ClF3N4O2. The molecule has 10 heteroatoms. The summed E-state index contributed by atoms with van der Waals surface area (Å²) >= 11 is 5.90. The van der Waals surface area contributed by atoms with Crippen LogP contribution < -0.4 is 5.32 Å². The summed E-state index contributed by atoms with van der Waals surface area (Å²) in [5.74, 6) is 0.0217. The summed E-state index contributed by atoms with van der Waals surface area (Å²) in [5, 5.41) is 9.24. The van der Waals surface area contributed by atoms with Crippen molar-refractivity contribution in [2.75, 3.05) is 5.32 Å². The van der Waals surface area contributed by atoms with Crippen LogP contribution in [0.2, 0.25) is 5.02 Å². The van der Waals surface area contributed by atoms with Crippen LogP contribution in [0, 0.1) is 6.92 Å². The van der Waals surface area contributed by atoms with E-state index in [0.717, 1.165) is 17.5 Å². The highest BCUT2D eigenvalue weighted by Gasteiger charge is 2.43. The van der Waals surface area contributed by atoms with Crippen molar-refractivity contribution in [3.05, 3.63) is 28.2 Å². The minimum Gasteiger partial charge on any atom is -0.360 e. The molecule has 1 aliphatic rings. The number of anilines is 1. The van der Waals surface area contributed by atoms with E-state index in [9.17, 15) is 18.0 Å². The highest BCUT2D eigenvalue weighted by atomic mass is 35.5. The van der Waals surface area contributed by atoms with Crippen molar-refractivity contribution >= 4 is 23.3 Å².